The van der Waals surface area contributed by atoms with E-state index in [2.05, 4.69) is 10.6 Å². The summed E-state index contributed by atoms with van der Waals surface area (Å²) < 4.78 is 27.4. The fourth-order valence-corrected chi connectivity index (χ4v) is 6.50. The Kier molecular flexibility index (Phi) is 6.14. The average Bonchev–Trinajstić information content (AvgIpc) is 3.08. The molecule has 0 saturated carbocycles. The molecule has 1 amide bonds. The van der Waals surface area contributed by atoms with Crippen LogP contribution in [0, 0.1) is 18.8 Å². The fraction of sp³-hybridized carbons (Fsp3) is 0.706. The molecule has 3 rings (SSSR count). The van der Waals surface area contributed by atoms with Gasteiger partial charge in [0.2, 0.25) is 5.91 Å². The Morgan fingerprint density at radius 1 is 1.36 bits per heavy atom. The third-order valence-electron chi connectivity index (χ3n) is 5.03. The van der Waals surface area contributed by atoms with Gasteiger partial charge in [-0.3, -0.25) is 4.79 Å². The molecule has 2 N–H and O–H groups in total. The Hall–Kier alpha value is -0.960. The molecule has 2 aliphatic rings. The van der Waals surface area contributed by atoms with Crippen molar-refractivity contribution in [3.63, 3.8) is 0 Å². The van der Waals surface area contributed by atoms with Gasteiger partial charge in [-0.05, 0) is 63.7 Å². The van der Waals surface area contributed by atoms with Crippen LogP contribution in [-0.2, 0) is 14.8 Å². The third-order valence-corrected chi connectivity index (χ3v) is 8.36. The number of hydrogen-bond acceptors (Lipinski definition) is 5. The largest absolute Gasteiger partial charge is 0.355 e. The van der Waals surface area contributed by atoms with E-state index < -0.39 is 10.0 Å². The van der Waals surface area contributed by atoms with Crippen molar-refractivity contribution in [1.82, 2.24) is 14.9 Å². The summed E-state index contributed by atoms with van der Waals surface area (Å²) in [7, 11) is -3.48. The lowest BCUT2D eigenvalue weighted by atomic mass is 9.97. The van der Waals surface area contributed by atoms with E-state index in [0.717, 1.165) is 43.6 Å². The molecule has 2 unspecified atom stereocenters. The van der Waals surface area contributed by atoms with E-state index in [-0.39, 0.29) is 18.4 Å². The van der Waals surface area contributed by atoms with Crippen LogP contribution in [0.1, 0.15) is 30.6 Å². The molecule has 0 radical (unpaired) electrons. The van der Waals surface area contributed by atoms with Crippen LogP contribution in [0.3, 0.4) is 0 Å². The predicted molar refractivity (Wildman–Crippen MR) is 99.1 cm³/mol. The number of sulfonamides is 1. The zero-order chi connectivity index (χ0) is 17.9. The zero-order valence-corrected chi connectivity index (χ0v) is 16.3. The molecule has 2 saturated heterocycles. The molecule has 1 aromatic heterocycles. The van der Waals surface area contributed by atoms with Crippen molar-refractivity contribution in [2.45, 2.75) is 36.8 Å². The summed E-state index contributed by atoms with van der Waals surface area (Å²) in [5.74, 6) is 0.226. The second-order valence-corrected chi connectivity index (χ2v) is 10.5. The van der Waals surface area contributed by atoms with E-state index in [9.17, 15) is 13.2 Å². The van der Waals surface area contributed by atoms with E-state index in [0.29, 0.717) is 23.2 Å². The number of hydrogen-bond donors (Lipinski definition) is 2. The minimum Gasteiger partial charge on any atom is -0.355 e. The molecule has 140 valence electrons. The number of carbonyl (C=O) groups excluding carboxylic acids is 1. The Bertz CT molecular complexity index is 696. The maximum atomic E-state index is 12.8. The highest BCUT2D eigenvalue weighted by atomic mass is 32.2. The molecule has 25 heavy (non-hydrogen) atoms. The highest BCUT2D eigenvalue weighted by molar-refractivity contribution is 7.91. The molecule has 0 bridgehead atoms. The number of thiophene rings is 1. The normalized spacial score (nSPS) is 25.6. The van der Waals surface area contributed by atoms with Crippen molar-refractivity contribution in [3.8, 4) is 0 Å². The molecule has 0 aromatic carbocycles. The van der Waals surface area contributed by atoms with Crippen LogP contribution >= 0.6 is 11.3 Å². The van der Waals surface area contributed by atoms with Gasteiger partial charge in [-0.2, -0.15) is 4.31 Å². The first-order chi connectivity index (χ1) is 12.0. The highest BCUT2D eigenvalue weighted by Crippen LogP contribution is 2.28. The molecule has 2 aliphatic heterocycles. The lowest BCUT2D eigenvalue weighted by molar-refractivity contribution is -0.126. The number of nitrogens with zero attached hydrogens (tertiary/aromatic N) is 1. The maximum Gasteiger partial charge on any atom is 0.252 e. The number of rotatable bonds is 5. The molecule has 6 nitrogen and oxygen atoms in total. The summed E-state index contributed by atoms with van der Waals surface area (Å²) in [5, 5.41) is 6.39. The van der Waals surface area contributed by atoms with Gasteiger partial charge in [0.15, 0.2) is 0 Å². The minimum atomic E-state index is -3.48. The number of carbonyl (C=O) groups is 1. The summed E-state index contributed by atoms with van der Waals surface area (Å²) in [4.78, 5) is 13.5. The maximum absolute atomic E-state index is 12.8. The van der Waals surface area contributed by atoms with Crippen LogP contribution in [0.25, 0.3) is 0 Å². The van der Waals surface area contributed by atoms with Gasteiger partial charge < -0.3 is 10.6 Å². The van der Waals surface area contributed by atoms with Gasteiger partial charge in [0.1, 0.15) is 4.21 Å². The van der Waals surface area contributed by atoms with Gasteiger partial charge in [-0.15, -0.1) is 11.3 Å². The third kappa shape index (κ3) is 4.61. The average molecular weight is 386 g/mol. The highest BCUT2D eigenvalue weighted by Gasteiger charge is 2.34. The van der Waals surface area contributed by atoms with Crippen molar-refractivity contribution >= 4 is 27.3 Å². The molecule has 0 spiro atoms. The number of piperidine rings is 2. The molecule has 2 atom stereocenters. The molecule has 2 fully saturated rings. The Labute approximate surface area is 154 Å². The van der Waals surface area contributed by atoms with Gasteiger partial charge in [0, 0.05) is 24.5 Å². The first-order valence-electron chi connectivity index (χ1n) is 9.02. The van der Waals surface area contributed by atoms with E-state index in [1.165, 1.54) is 15.6 Å². The molecular formula is C17H27N3O3S2. The van der Waals surface area contributed by atoms with Crippen LogP contribution < -0.4 is 10.6 Å². The molecule has 3 heterocycles. The minimum absolute atomic E-state index is 0.00664. The second kappa shape index (κ2) is 8.16. The van der Waals surface area contributed by atoms with Gasteiger partial charge in [-0.1, -0.05) is 0 Å². The van der Waals surface area contributed by atoms with Crippen LogP contribution in [-0.4, -0.2) is 51.4 Å². The van der Waals surface area contributed by atoms with Crippen LogP contribution in [0.15, 0.2) is 16.3 Å². The number of aryl methyl sites for hydroxylation is 1. The van der Waals surface area contributed by atoms with Gasteiger partial charge in [0.25, 0.3) is 10.0 Å². The second-order valence-electron chi connectivity index (χ2n) is 7.02. The van der Waals surface area contributed by atoms with Crippen molar-refractivity contribution in [2.24, 2.45) is 11.8 Å². The molecular weight excluding hydrogens is 358 g/mol. The monoisotopic (exact) mass is 385 g/mol. The lowest BCUT2D eigenvalue weighted by Crippen LogP contribution is -2.46. The van der Waals surface area contributed by atoms with E-state index in [4.69, 9.17) is 0 Å². The van der Waals surface area contributed by atoms with Crippen LogP contribution in [0.4, 0.5) is 0 Å². The predicted octanol–water partition coefficient (Wildman–Crippen LogP) is 1.57. The smallest absolute Gasteiger partial charge is 0.252 e. The summed E-state index contributed by atoms with van der Waals surface area (Å²) in [6.45, 7) is 5.37. The summed E-state index contributed by atoms with van der Waals surface area (Å²) >= 11 is 1.29. The first kappa shape index (κ1) is 18.8. The molecule has 0 aliphatic carbocycles. The van der Waals surface area contributed by atoms with Crippen molar-refractivity contribution < 1.29 is 13.2 Å². The first-order valence-corrected chi connectivity index (χ1v) is 11.3. The lowest BCUT2D eigenvalue weighted by Gasteiger charge is -2.31. The SMILES string of the molecule is Cc1ccc(S(=O)(=O)N2CCCC(C(=O)NCC3CCCNC3)C2)s1. The van der Waals surface area contributed by atoms with Crippen LogP contribution in [0.2, 0.25) is 0 Å². The van der Waals surface area contributed by atoms with E-state index in [1.54, 1.807) is 6.07 Å². The molecule has 8 heteroatoms. The zero-order valence-electron chi connectivity index (χ0n) is 14.7. The van der Waals surface area contributed by atoms with E-state index >= 15 is 0 Å². The van der Waals surface area contributed by atoms with Crippen molar-refractivity contribution in [3.05, 3.63) is 17.0 Å². The number of amides is 1. The summed E-state index contributed by atoms with van der Waals surface area (Å²) in [6, 6.07) is 3.49. The van der Waals surface area contributed by atoms with Crippen LogP contribution in [0.5, 0.6) is 0 Å². The Balaban J connectivity index is 1.57. The van der Waals surface area contributed by atoms with Crippen molar-refractivity contribution in [2.75, 3.05) is 32.7 Å². The summed E-state index contributed by atoms with van der Waals surface area (Å²) in [6.07, 6.45) is 3.77. The Morgan fingerprint density at radius 3 is 2.88 bits per heavy atom. The van der Waals surface area contributed by atoms with E-state index in [1.807, 2.05) is 13.0 Å². The Morgan fingerprint density at radius 2 is 2.20 bits per heavy atom. The van der Waals surface area contributed by atoms with Gasteiger partial charge in [0.05, 0.1) is 5.92 Å². The topological polar surface area (TPSA) is 78.5 Å². The summed E-state index contributed by atoms with van der Waals surface area (Å²) in [5.41, 5.74) is 0. The van der Waals surface area contributed by atoms with Gasteiger partial charge >= 0.3 is 0 Å². The fourth-order valence-electron chi connectivity index (χ4n) is 3.54. The quantitative estimate of drug-likeness (QED) is 0.807. The standard InChI is InChI=1S/C17H27N3O3S2/c1-13-6-7-16(24-13)25(22,23)20-9-3-5-15(12-20)17(21)19-11-14-4-2-8-18-10-14/h6-7,14-15,18H,2-5,8-12H2,1H3,(H,19,21). The van der Waals surface area contributed by atoms with Gasteiger partial charge in [-0.25, -0.2) is 8.42 Å². The van der Waals surface area contributed by atoms with Crippen molar-refractivity contribution in [1.29, 1.82) is 0 Å². The molecule has 1 aromatic rings. The number of nitrogens with one attached hydrogen (secondary N) is 2.